The van der Waals surface area contributed by atoms with Crippen LogP contribution in [-0.4, -0.2) is 9.97 Å². The molecule has 0 N–H and O–H groups in total. The summed E-state index contributed by atoms with van der Waals surface area (Å²) < 4.78 is 5.49. The first kappa shape index (κ1) is 10.4. The van der Waals surface area contributed by atoms with Gasteiger partial charge >= 0.3 is 0 Å². The molecule has 2 aromatic heterocycles. The maximum absolute atomic E-state index is 5.49. The predicted molar refractivity (Wildman–Crippen MR) is 60.9 cm³/mol. The van der Waals surface area contributed by atoms with Crippen LogP contribution in [0.1, 0.15) is 38.5 Å². The van der Waals surface area contributed by atoms with Crippen molar-refractivity contribution in [1.29, 1.82) is 0 Å². The van der Waals surface area contributed by atoms with Gasteiger partial charge in [0.15, 0.2) is 5.89 Å². The highest BCUT2D eigenvalue weighted by molar-refractivity contribution is 7.13. The Morgan fingerprint density at radius 1 is 1.40 bits per heavy atom. The van der Waals surface area contributed by atoms with Crippen LogP contribution in [-0.2, 0) is 0 Å². The molecule has 0 saturated carbocycles. The van der Waals surface area contributed by atoms with Crippen LogP contribution in [0.15, 0.2) is 22.3 Å². The second-order valence-electron chi connectivity index (χ2n) is 3.42. The van der Waals surface area contributed by atoms with E-state index < -0.39 is 0 Å². The first-order valence-corrected chi connectivity index (χ1v) is 6.08. The van der Waals surface area contributed by atoms with Crippen molar-refractivity contribution in [3.63, 3.8) is 0 Å². The Morgan fingerprint density at radius 2 is 2.20 bits per heavy atom. The van der Waals surface area contributed by atoms with Gasteiger partial charge in [-0.2, -0.15) is 0 Å². The SMILES string of the molecule is CCC(CC)c1nc(-c2nccs2)co1. The van der Waals surface area contributed by atoms with E-state index in [-0.39, 0.29) is 0 Å². The fourth-order valence-electron chi connectivity index (χ4n) is 1.56. The first-order chi connectivity index (χ1) is 7.35. The molecule has 2 aromatic rings. The van der Waals surface area contributed by atoms with Gasteiger partial charge in [-0.15, -0.1) is 11.3 Å². The van der Waals surface area contributed by atoms with Gasteiger partial charge in [0, 0.05) is 17.5 Å². The van der Waals surface area contributed by atoms with Crippen LogP contribution in [0.2, 0.25) is 0 Å². The largest absolute Gasteiger partial charge is 0.448 e. The number of aromatic nitrogens is 2. The first-order valence-electron chi connectivity index (χ1n) is 5.20. The molecular weight excluding hydrogens is 208 g/mol. The molecule has 0 saturated heterocycles. The van der Waals surface area contributed by atoms with Crippen molar-refractivity contribution in [1.82, 2.24) is 9.97 Å². The second-order valence-corrected chi connectivity index (χ2v) is 4.32. The van der Waals surface area contributed by atoms with Crippen molar-refractivity contribution in [2.24, 2.45) is 0 Å². The Bertz CT molecular complexity index is 404. The third-order valence-corrected chi connectivity index (χ3v) is 3.30. The van der Waals surface area contributed by atoms with Gasteiger partial charge in [-0.1, -0.05) is 13.8 Å². The molecule has 0 aromatic carbocycles. The normalized spacial score (nSPS) is 11.1. The standard InChI is InChI=1S/C11H14N2OS/c1-3-8(4-2)10-13-9(7-14-10)11-12-5-6-15-11/h5-8H,3-4H2,1-2H3. The van der Waals surface area contributed by atoms with Gasteiger partial charge in [0.2, 0.25) is 0 Å². The summed E-state index contributed by atoms with van der Waals surface area (Å²) in [4.78, 5) is 8.68. The maximum atomic E-state index is 5.49. The molecule has 80 valence electrons. The predicted octanol–water partition coefficient (Wildman–Crippen LogP) is 3.70. The number of hydrogen-bond acceptors (Lipinski definition) is 4. The molecule has 0 bridgehead atoms. The van der Waals surface area contributed by atoms with Crippen LogP contribution in [0.3, 0.4) is 0 Å². The smallest absolute Gasteiger partial charge is 0.197 e. The lowest BCUT2D eigenvalue weighted by atomic mass is 10.0. The minimum absolute atomic E-state index is 0.429. The van der Waals surface area contributed by atoms with E-state index in [1.807, 2.05) is 5.38 Å². The zero-order chi connectivity index (χ0) is 10.7. The van der Waals surface area contributed by atoms with Gasteiger partial charge in [0.05, 0.1) is 0 Å². The van der Waals surface area contributed by atoms with E-state index in [1.54, 1.807) is 23.8 Å². The molecule has 3 nitrogen and oxygen atoms in total. The monoisotopic (exact) mass is 222 g/mol. The molecule has 0 aliphatic heterocycles. The van der Waals surface area contributed by atoms with E-state index in [4.69, 9.17) is 4.42 Å². The number of thiazole rings is 1. The highest BCUT2D eigenvalue weighted by Gasteiger charge is 2.15. The molecule has 2 heterocycles. The average molecular weight is 222 g/mol. The lowest BCUT2D eigenvalue weighted by Gasteiger charge is -2.05. The topological polar surface area (TPSA) is 38.9 Å². The van der Waals surface area contributed by atoms with Gasteiger partial charge < -0.3 is 4.42 Å². The lowest BCUT2D eigenvalue weighted by Crippen LogP contribution is -1.95. The zero-order valence-corrected chi connectivity index (χ0v) is 9.75. The quantitative estimate of drug-likeness (QED) is 0.791. The molecule has 0 unspecified atom stereocenters. The number of hydrogen-bond donors (Lipinski definition) is 0. The van der Waals surface area contributed by atoms with E-state index in [9.17, 15) is 0 Å². The maximum Gasteiger partial charge on any atom is 0.197 e. The Morgan fingerprint density at radius 3 is 2.80 bits per heavy atom. The molecule has 0 amide bonds. The summed E-state index contributed by atoms with van der Waals surface area (Å²) in [6.07, 6.45) is 5.61. The molecule has 0 aliphatic rings. The lowest BCUT2D eigenvalue weighted by molar-refractivity contribution is 0.431. The minimum atomic E-state index is 0.429. The molecule has 0 fully saturated rings. The summed E-state index contributed by atoms with van der Waals surface area (Å²) in [6.45, 7) is 4.31. The van der Waals surface area contributed by atoms with E-state index in [1.165, 1.54) is 0 Å². The van der Waals surface area contributed by atoms with Gasteiger partial charge in [-0.25, -0.2) is 9.97 Å². The highest BCUT2D eigenvalue weighted by atomic mass is 32.1. The fourth-order valence-corrected chi connectivity index (χ4v) is 2.15. The third-order valence-electron chi connectivity index (χ3n) is 2.51. The summed E-state index contributed by atoms with van der Waals surface area (Å²) in [7, 11) is 0. The average Bonchev–Trinajstić information content (AvgIpc) is 2.89. The van der Waals surface area contributed by atoms with Crippen molar-refractivity contribution < 1.29 is 4.42 Å². The molecule has 4 heteroatoms. The molecule has 0 spiro atoms. The summed E-state index contributed by atoms with van der Waals surface area (Å²) in [5.74, 6) is 1.27. The van der Waals surface area contributed by atoms with Gasteiger partial charge in [0.25, 0.3) is 0 Å². The Labute approximate surface area is 93.2 Å². The van der Waals surface area contributed by atoms with Crippen LogP contribution in [0.4, 0.5) is 0 Å². The molecule has 0 aliphatic carbocycles. The van der Waals surface area contributed by atoms with Crippen LogP contribution in [0.25, 0.3) is 10.7 Å². The summed E-state index contributed by atoms with van der Waals surface area (Å²) in [6, 6.07) is 0. The highest BCUT2D eigenvalue weighted by Crippen LogP contribution is 2.26. The van der Waals surface area contributed by atoms with E-state index in [0.717, 1.165) is 29.4 Å². The fraction of sp³-hybridized carbons (Fsp3) is 0.455. The van der Waals surface area contributed by atoms with E-state index >= 15 is 0 Å². The van der Waals surface area contributed by atoms with E-state index in [2.05, 4.69) is 23.8 Å². The van der Waals surface area contributed by atoms with Crippen LogP contribution in [0.5, 0.6) is 0 Å². The third kappa shape index (κ3) is 2.09. The van der Waals surface area contributed by atoms with Crippen LogP contribution >= 0.6 is 11.3 Å². The summed E-state index contributed by atoms with van der Waals surface area (Å²) >= 11 is 1.58. The number of nitrogens with zero attached hydrogens (tertiary/aromatic N) is 2. The van der Waals surface area contributed by atoms with Crippen molar-refractivity contribution in [2.75, 3.05) is 0 Å². The van der Waals surface area contributed by atoms with Crippen molar-refractivity contribution >= 4 is 11.3 Å². The minimum Gasteiger partial charge on any atom is -0.448 e. The van der Waals surface area contributed by atoms with Crippen LogP contribution < -0.4 is 0 Å². The Kier molecular flexibility index (Phi) is 3.16. The Balaban J connectivity index is 2.24. The number of rotatable bonds is 4. The zero-order valence-electron chi connectivity index (χ0n) is 8.93. The van der Waals surface area contributed by atoms with E-state index in [0.29, 0.717) is 5.92 Å². The summed E-state index contributed by atoms with van der Waals surface area (Å²) in [5.41, 5.74) is 0.854. The molecule has 0 radical (unpaired) electrons. The second kappa shape index (κ2) is 4.57. The van der Waals surface area contributed by atoms with Crippen molar-refractivity contribution in [3.05, 3.63) is 23.7 Å². The molecule has 0 atom stereocenters. The molecular formula is C11H14N2OS. The molecule has 2 rings (SSSR count). The summed E-state index contributed by atoms with van der Waals surface area (Å²) in [5, 5.41) is 2.87. The van der Waals surface area contributed by atoms with Crippen molar-refractivity contribution in [3.8, 4) is 10.7 Å². The van der Waals surface area contributed by atoms with Crippen molar-refractivity contribution in [2.45, 2.75) is 32.6 Å². The molecule has 15 heavy (non-hydrogen) atoms. The van der Waals surface area contributed by atoms with Gasteiger partial charge in [0.1, 0.15) is 17.0 Å². The van der Waals surface area contributed by atoms with Gasteiger partial charge in [-0.05, 0) is 12.8 Å². The Hall–Kier alpha value is -1.16. The number of oxazole rings is 1. The van der Waals surface area contributed by atoms with Gasteiger partial charge in [-0.3, -0.25) is 0 Å². The van der Waals surface area contributed by atoms with Crippen LogP contribution in [0, 0.1) is 0 Å².